The van der Waals surface area contributed by atoms with E-state index in [4.69, 9.17) is 0 Å². The lowest BCUT2D eigenvalue weighted by molar-refractivity contribution is -0.274. The number of imide groups is 1. The van der Waals surface area contributed by atoms with Crippen molar-refractivity contribution in [2.45, 2.75) is 52.3 Å². The van der Waals surface area contributed by atoms with Crippen LogP contribution in [-0.4, -0.2) is 30.0 Å². The SMILES string of the molecule is CCCN1C(=O)CC(C)(C)c2cc(C)c(-c3cc(C=C4SC(=O)NC4=O)ccc3OC(F)(F)F)cc21. The molecule has 36 heavy (non-hydrogen) atoms. The second kappa shape index (κ2) is 9.31. The maximum Gasteiger partial charge on any atom is 0.573 e. The van der Waals surface area contributed by atoms with Crippen molar-refractivity contribution >= 4 is 40.6 Å². The summed E-state index contributed by atoms with van der Waals surface area (Å²) in [5.41, 5.74) is 2.95. The molecule has 10 heteroatoms. The minimum absolute atomic E-state index is 0.0386. The third-order valence-electron chi connectivity index (χ3n) is 6.16. The van der Waals surface area contributed by atoms with Gasteiger partial charge >= 0.3 is 6.36 Å². The van der Waals surface area contributed by atoms with Crippen LogP contribution in [0.2, 0.25) is 0 Å². The summed E-state index contributed by atoms with van der Waals surface area (Å²) in [4.78, 5) is 38.2. The average molecular weight is 519 g/mol. The second-order valence-electron chi connectivity index (χ2n) is 9.45. The van der Waals surface area contributed by atoms with E-state index in [2.05, 4.69) is 10.1 Å². The van der Waals surface area contributed by atoms with Crippen molar-refractivity contribution in [2.75, 3.05) is 11.4 Å². The van der Waals surface area contributed by atoms with Crippen LogP contribution in [0.3, 0.4) is 0 Å². The van der Waals surface area contributed by atoms with Crippen molar-refractivity contribution in [1.82, 2.24) is 5.32 Å². The highest BCUT2D eigenvalue weighted by atomic mass is 32.2. The third kappa shape index (κ3) is 5.13. The largest absolute Gasteiger partial charge is 0.573 e. The predicted molar refractivity (Wildman–Crippen MR) is 133 cm³/mol. The Bertz CT molecular complexity index is 1300. The smallest absolute Gasteiger partial charge is 0.405 e. The molecule has 4 rings (SSSR count). The van der Waals surface area contributed by atoms with Crippen molar-refractivity contribution in [3.63, 3.8) is 0 Å². The van der Waals surface area contributed by atoms with Gasteiger partial charge in [0.15, 0.2) is 0 Å². The zero-order chi connectivity index (χ0) is 26.4. The number of amides is 3. The molecule has 1 saturated heterocycles. The first-order valence-electron chi connectivity index (χ1n) is 11.4. The molecule has 0 saturated carbocycles. The van der Waals surface area contributed by atoms with Crippen LogP contribution in [-0.2, 0) is 15.0 Å². The number of hydrogen-bond acceptors (Lipinski definition) is 5. The first-order valence-corrected chi connectivity index (χ1v) is 12.2. The molecule has 0 atom stereocenters. The van der Waals surface area contributed by atoms with Gasteiger partial charge in [-0.3, -0.25) is 19.7 Å². The number of fused-ring (bicyclic) bond motifs is 1. The Balaban J connectivity index is 1.91. The molecule has 2 heterocycles. The van der Waals surface area contributed by atoms with Crippen molar-refractivity contribution in [3.8, 4) is 16.9 Å². The van der Waals surface area contributed by atoms with Gasteiger partial charge < -0.3 is 9.64 Å². The highest BCUT2D eigenvalue weighted by Crippen LogP contribution is 2.45. The monoisotopic (exact) mass is 518 g/mol. The Kier molecular flexibility index (Phi) is 6.68. The second-order valence-corrected chi connectivity index (χ2v) is 10.5. The number of halogens is 3. The highest BCUT2D eigenvalue weighted by Gasteiger charge is 2.38. The summed E-state index contributed by atoms with van der Waals surface area (Å²) in [5, 5.41) is 1.64. The number of anilines is 1. The molecule has 3 amide bonds. The van der Waals surface area contributed by atoms with Gasteiger partial charge in [-0.05, 0) is 71.6 Å². The van der Waals surface area contributed by atoms with Crippen LogP contribution in [0.15, 0.2) is 35.2 Å². The van der Waals surface area contributed by atoms with Crippen molar-refractivity contribution in [3.05, 3.63) is 51.9 Å². The van der Waals surface area contributed by atoms with Gasteiger partial charge in [0.25, 0.3) is 11.1 Å². The zero-order valence-electron chi connectivity index (χ0n) is 20.2. The van der Waals surface area contributed by atoms with Gasteiger partial charge in [-0.15, -0.1) is 13.2 Å². The lowest BCUT2D eigenvalue weighted by Gasteiger charge is -2.39. The summed E-state index contributed by atoms with van der Waals surface area (Å²) in [7, 11) is 0. The summed E-state index contributed by atoms with van der Waals surface area (Å²) < 4.78 is 44.1. The number of aryl methyl sites for hydroxylation is 1. The lowest BCUT2D eigenvalue weighted by atomic mass is 9.75. The van der Waals surface area contributed by atoms with Gasteiger partial charge in [0, 0.05) is 29.6 Å². The molecule has 0 aliphatic carbocycles. The van der Waals surface area contributed by atoms with Gasteiger partial charge in [0.1, 0.15) is 5.75 Å². The minimum atomic E-state index is -4.92. The topological polar surface area (TPSA) is 75.7 Å². The van der Waals surface area contributed by atoms with Crippen LogP contribution in [0.5, 0.6) is 5.75 Å². The molecular weight excluding hydrogens is 493 g/mol. The third-order valence-corrected chi connectivity index (χ3v) is 6.97. The van der Waals surface area contributed by atoms with Gasteiger partial charge in [-0.1, -0.05) is 32.9 Å². The molecule has 1 N–H and O–H groups in total. The minimum Gasteiger partial charge on any atom is -0.405 e. The van der Waals surface area contributed by atoms with E-state index < -0.39 is 28.7 Å². The van der Waals surface area contributed by atoms with E-state index >= 15 is 0 Å². The lowest BCUT2D eigenvalue weighted by Crippen LogP contribution is -2.42. The van der Waals surface area contributed by atoms with Crippen LogP contribution in [0.4, 0.5) is 23.7 Å². The Morgan fingerprint density at radius 3 is 2.47 bits per heavy atom. The number of hydrogen-bond donors (Lipinski definition) is 1. The number of nitrogens with zero attached hydrogens (tertiary/aromatic N) is 1. The van der Waals surface area contributed by atoms with E-state index in [1.165, 1.54) is 24.3 Å². The highest BCUT2D eigenvalue weighted by molar-refractivity contribution is 8.18. The fourth-order valence-electron chi connectivity index (χ4n) is 4.56. The molecule has 0 bridgehead atoms. The van der Waals surface area contributed by atoms with E-state index in [1.807, 2.05) is 26.8 Å². The van der Waals surface area contributed by atoms with Crippen molar-refractivity contribution in [1.29, 1.82) is 0 Å². The predicted octanol–water partition coefficient (Wildman–Crippen LogP) is 6.31. The van der Waals surface area contributed by atoms with Crippen LogP contribution in [0, 0.1) is 6.92 Å². The molecule has 1 fully saturated rings. The Morgan fingerprint density at radius 2 is 1.86 bits per heavy atom. The van der Waals surface area contributed by atoms with Gasteiger partial charge in [0.05, 0.1) is 4.91 Å². The van der Waals surface area contributed by atoms with Crippen LogP contribution < -0.4 is 15.0 Å². The number of thioether (sulfide) groups is 1. The molecule has 2 aromatic rings. The molecule has 0 unspecified atom stereocenters. The molecular formula is C26H25F3N2O4S. The van der Waals surface area contributed by atoms with E-state index in [0.29, 0.717) is 35.3 Å². The zero-order valence-corrected chi connectivity index (χ0v) is 21.0. The first-order chi connectivity index (χ1) is 16.8. The van der Waals surface area contributed by atoms with Gasteiger partial charge in [-0.2, -0.15) is 0 Å². The molecule has 2 aliphatic rings. The molecule has 190 valence electrons. The summed E-state index contributed by atoms with van der Waals surface area (Å²) in [6.45, 7) is 8.19. The van der Waals surface area contributed by atoms with Gasteiger partial charge in [-0.25, -0.2) is 0 Å². The maximum atomic E-state index is 13.3. The van der Waals surface area contributed by atoms with Crippen LogP contribution >= 0.6 is 11.8 Å². The average Bonchev–Trinajstić information content (AvgIpc) is 3.07. The normalized spacial score (nSPS) is 18.5. The van der Waals surface area contributed by atoms with E-state index in [0.717, 1.165) is 23.7 Å². The number of carbonyl (C=O) groups excluding carboxylic acids is 3. The summed E-state index contributed by atoms with van der Waals surface area (Å²) in [6.07, 6.45) is -2.42. The van der Waals surface area contributed by atoms with Gasteiger partial charge in [0.2, 0.25) is 5.91 Å². The Labute approximate surface area is 210 Å². The van der Waals surface area contributed by atoms with E-state index in [1.54, 1.807) is 17.9 Å². The number of alkyl halides is 3. The van der Waals surface area contributed by atoms with Crippen molar-refractivity contribution in [2.24, 2.45) is 0 Å². The number of carbonyl (C=O) groups is 3. The number of benzene rings is 2. The Hall–Kier alpha value is -3.27. The van der Waals surface area contributed by atoms with Crippen LogP contribution in [0.1, 0.15) is 50.3 Å². The molecule has 6 nitrogen and oxygen atoms in total. The first kappa shape index (κ1) is 25.8. The standard InChI is InChI=1S/C26H25F3N2O4S/c1-5-8-31-19-12-16(14(2)9-18(19)25(3,4)13-22(31)32)17-10-15(6-7-20(17)35-26(27,28)29)11-21-23(33)30-24(34)36-21/h6-7,9-12H,5,8,13H2,1-4H3,(H,30,33,34). The molecule has 0 spiro atoms. The summed E-state index contributed by atoms with van der Waals surface area (Å²) in [5.74, 6) is -1.01. The number of ether oxygens (including phenoxy) is 1. The molecule has 0 aromatic heterocycles. The van der Waals surface area contributed by atoms with E-state index in [-0.39, 0.29) is 16.4 Å². The quantitative estimate of drug-likeness (QED) is 0.470. The molecule has 2 aromatic carbocycles. The molecule has 2 aliphatic heterocycles. The number of nitrogens with one attached hydrogen (secondary N) is 1. The summed E-state index contributed by atoms with van der Waals surface area (Å²) in [6, 6.07) is 7.72. The Morgan fingerprint density at radius 1 is 1.14 bits per heavy atom. The van der Waals surface area contributed by atoms with Crippen LogP contribution in [0.25, 0.3) is 17.2 Å². The maximum absolute atomic E-state index is 13.3. The molecule has 0 radical (unpaired) electrons. The van der Waals surface area contributed by atoms with E-state index in [9.17, 15) is 27.6 Å². The fraction of sp³-hybridized carbons (Fsp3) is 0.346. The van der Waals surface area contributed by atoms with Crippen molar-refractivity contribution < 1.29 is 32.3 Å². The summed E-state index contributed by atoms with van der Waals surface area (Å²) >= 11 is 0.718. The number of rotatable bonds is 5. The fourth-order valence-corrected chi connectivity index (χ4v) is 5.24.